The van der Waals surface area contributed by atoms with Gasteiger partial charge < -0.3 is 14.5 Å². The van der Waals surface area contributed by atoms with Crippen LogP contribution in [-0.4, -0.2) is 39.4 Å². The molecule has 3 aromatic rings. The number of hydrogen-bond donors (Lipinski definition) is 1. The minimum absolute atomic E-state index is 0.00907. The zero-order chi connectivity index (χ0) is 21.2. The minimum atomic E-state index is -2.51. The summed E-state index contributed by atoms with van der Waals surface area (Å²) in [7, 11) is -4.68. The van der Waals surface area contributed by atoms with Crippen LogP contribution in [0.15, 0.2) is 41.7 Å². The van der Waals surface area contributed by atoms with Crippen LogP contribution in [0.2, 0.25) is 0 Å². The highest BCUT2D eigenvalue weighted by Gasteiger charge is 2.14. The lowest BCUT2D eigenvalue weighted by atomic mass is 10.2. The van der Waals surface area contributed by atoms with E-state index in [0.29, 0.717) is 22.3 Å². The van der Waals surface area contributed by atoms with Gasteiger partial charge in [-0.3, -0.25) is 9.19 Å². The van der Waals surface area contributed by atoms with Crippen molar-refractivity contribution in [3.8, 4) is 5.75 Å². The van der Waals surface area contributed by atoms with Crippen LogP contribution in [-0.2, 0) is 21.2 Å². The van der Waals surface area contributed by atoms with Crippen molar-refractivity contribution in [3.05, 3.63) is 47.8 Å². The van der Waals surface area contributed by atoms with Gasteiger partial charge in [0.1, 0.15) is 12.4 Å². The van der Waals surface area contributed by atoms with E-state index in [1.165, 1.54) is 12.3 Å². The maximum absolute atomic E-state index is 12.9. The van der Waals surface area contributed by atoms with Gasteiger partial charge in [0.25, 0.3) is 0 Å². The lowest BCUT2D eigenvalue weighted by molar-refractivity contribution is 0.146. The van der Waals surface area contributed by atoms with Crippen molar-refractivity contribution in [3.63, 3.8) is 0 Å². The number of aromatic amines is 1. The molecule has 1 atom stereocenters. The first-order chi connectivity index (χ1) is 13.6. The standard InChI is InChI=1S/C17H19N3O3S/c1-12-15(18-8-7-16(12)23-10-9-22-2)11-24(21)17-19-13-5-3-4-6-14(13)20-17/h3-8H,9-11H2,1-2H3,(H,19,20)/i2D3,11D2. The van der Waals surface area contributed by atoms with Crippen molar-refractivity contribution in [2.24, 2.45) is 0 Å². The summed E-state index contributed by atoms with van der Waals surface area (Å²) in [6.45, 7) is 1.39. The Morgan fingerprint density at radius 2 is 2.21 bits per heavy atom. The number of imidazole rings is 1. The molecule has 0 aliphatic rings. The molecule has 0 aliphatic carbocycles. The molecule has 126 valence electrons. The molecule has 0 radical (unpaired) electrons. The van der Waals surface area contributed by atoms with Gasteiger partial charge in [-0.05, 0) is 25.1 Å². The lowest BCUT2D eigenvalue weighted by Gasteiger charge is -2.11. The summed E-state index contributed by atoms with van der Waals surface area (Å²) in [4.78, 5) is 11.2. The van der Waals surface area contributed by atoms with Crippen molar-refractivity contribution >= 4 is 21.8 Å². The molecule has 2 heterocycles. The number of methoxy groups -OCH3 is 1. The zero-order valence-corrected chi connectivity index (χ0v) is 13.7. The number of hydrogen-bond acceptors (Lipinski definition) is 5. The van der Waals surface area contributed by atoms with E-state index in [2.05, 4.69) is 19.7 Å². The van der Waals surface area contributed by atoms with Crippen LogP contribution in [0.1, 0.15) is 18.1 Å². The van der Waals surface area contributed by atoms with E-state index < -0.39 is 23.5 Å². The molecule has 24 heavy (non-hydrogen) atoms. The van der Waals surface area contributed by atoms with Crippen LogP contribution < -0.4 is 4.74 Å². The predicted molar refractivity (Wildman–Crippen MR) is 92.6 cm³/mol. The second-order valence-electron chi connectivity index (χ2n) is 4.91. The van der Waals surface area contributed by atoms with E-state index in [4.69, 9.17) is 11.6 Å². The minimum Gasteiger partial charge on any atom is -0.491 e. The largest absolute Gasteiger partial charge is 0.491 e. The Kier molecular flexibility index (Phi) is 3.56. The first-order valence-corrected chi connectivity index (χ1v) is 8.34. The summed E-state index contributed by atoms with van der Waals surface area (Å²) in [6.07, 6.45) is 1.34. The van der Waals surface area contributed by atoms with Crippen molar-refractivity contribution in [1.29, 1.82) is 0 Å². The van der Waals surface area contributed by atoms with Gasteiger partial charge in [-0.25, -0.2) is 4.98 Å². The number of rotatable bonds is 7. The number of ether oxygens (including phenoxy) is 2. The molecule has 0 amide bonds. The van der Waals surface area contributed by atoms with E-state index in [1.54, 1.807) is 31.2 Å². The van der Waals surface area contributed by atoms with E-state index in [1.807, 2.05) is 0 Å². The topological polar surface area (TPSA) is 77.1 Å². The summed E-state index contributed by atoms with van der Waals surface area (Å²) in [6, 6.07) is 8.60. The second-order valence-corrected chi connectivity index (χ2v) is 6.04. The van der Waals surface area contributed by atoms with Crippen molar-refractivity contribution < 1.29 is 20.5 Å². The fourth-order valence-corrected chi connectivity index (χ4v) is 2.99. The first kappa shape index (κ1) is 11.3. The summed E-state index contributed by atoms with van der Waals surface area (Å²) >= 11 is 0. The van der Waals surface area contributed by atoms with Crippen LogP contribution in [0, 0.1) is 6.92 Å². The maximum atomic E-state index is 12.9. The Morgan fingerprint density at radius 1 is 1.33 bits per heavy atom. The molecule has 1 N–H and O–H groups in total. The van der Waals surface area contributed by atoms with E-state index in [9.17, 15) is 4.21 Å². The predicted octanol–water partition coefficient (Wildman–Crippen LogP) is 2.60. The number of benzene rings is 1. The third kappa shape index (κ3) is 3.63. The van der Waals surface area contributed by atoms with Gasteiger partial charge in [0, 0.05) is 21.5 Å². The molecule has 3 rings (SSSR count). The Hall–Kier alpha value is -2.25. The molecule has 7 heteroatoms. The molecule has 0 fully saturated rings. The molecule has 0 aliphatic heterocycles. The number of para-hydroxylation sites is 2. The number of nitrogens with one attached hydrogen (secondary N) is 1. The molecular weight excluding hydrogens is 326 g/mol. The van der Waals surface area contributed by atoms with E-state index >= 15 is 0 Å². The fourth-order valence-electron chi connectivity index (χ4n) is 2.12. The molecule has 0 saturated carbocycles. The third-order valence-electron chi connectivity index (χ3n) is 3.33. The Labute approximate surface area is 149 Å². The molecule has 0 saturated heterocycles. The monoisotopic (exact) mass is 350 g/mol. The molecule has 0 bridgehead atoms. The third-order valence-corrected chi connectivity index (χ3v) is 4.25. The molecule has 0 spiro atoms. The van der Waals surface area contributed by atoms with Crippen LogP contribution in [0.4, 0.5) is 0 Å². The normalized spacial score (nSPS) is 16.6. The average Bonchev–Trinajstić information content (AvgIpc) is 3.08. The smallest absolute Gasteiger partial charge is 0.197 e. The van der Waals surface area contributed by atoms with Gasteiger partial charge in [-0.1, -0.05) is 12.1 Å². The summed E-state index contributed by atoms with van der Waals surface area (Å²) < 4.78 is 60.9. The van der Waals surface area contributed by atoms with Gasteiger partial charge >= 0.3 is 0 Å². The lowest BCUT2D eigenvalue weighted by Crippen LogP contribution is -2.08. The molecule has 2 aromatic heterocycles. The fraction of sp³-hybridized carbons (Fsp3) is 0.294. The van der Waals surface area contributed by atoms with Gasteiger partial charge in [-0.2, -0.15) is 0 Å². The van der Waals surface area contributed by atoms with E-state index in [0.717, 1.165) is 0 Å². The van der Waals surface area contributed by atoms with E-state index in [-0.39, 0.29) is 24.1 Å². The maximum Gasteiger partial charge on any atom is 0.197 e. The van der Waals surface area contributed by atoms with Gasteiger partial charge in [0.05, 0.1) is 44.0 Å². The van der Waals surface area contributed by atoms with Crippen molar-refractivity contribution in [2.45, 2.75) is 17.8 Å². The Morgan fingerprint density at radius 3 is 3.04 bits per heavy atom. The highest BCUT2D eigenvalue weighted by atomic mass is 32.2. The summed E-state index contributed by atoms with van der Waals surface area (Å²) in [5.41, 5.74) is -0.793. The highest BCUT2D eigenvalue weighted by molar-refractivity contribution is 7.84. The molecule has 6 nitrogen and oxygen atoms in total. The number of aromatic nitrogens is 3. The molecular formula is C17H19N3O3S. The zero-order valence-electron chi connectivity index (χ0n) is 17.9. The average molecular weight is 350 g/mol. The van der Waals surface area contributed by atoms with Crippen LogP contribution in [0.25, 0.3) is 11.0 Å². The van der Waals surface area contributed by atoms with Gasteiger partial charge in [0.15, 0.2) is 5.16 Å². The Bertz CT molecular complexity index is 1010. The quantitative estimate of drug-likeness (QED) is 0.663. The number of fused-ring (bicyclic) bond motifs is 1. The van der Waals surface area contributed by atoms with Crippen LogP contribution in [0.5, 0.6) is 5.75 Å². The summed E-state index contributed by atoms with van der Waals surface area (Å²) in [5, 5.41) is 0.00907. The molecule has 1 aromatic carbocycles. The second kappa shape index (κ2) is 7.55. The number of H-pyrrole nitrogens is 1. The highest BCUT2D eigenvalue weighted by Crippen LogP contribution is 2.22. The van der Waals surface area contributed by atoms with Crippen molar-refractivity contribution in [1.82, 2.24) is 15.0 Å². The number of nitrogens with zero attached hydrogens (tertiary/aromatic N) is 2. The first-order valence-electron chi connectivity index (χ1n) is 9.69. The molecule has 1 unspecified atom stereocenters. The number of pyridine rings is 1. The SMILES string of the molecule is [2H]C([2H])([2H])OCCOc1ccnc(C([2H])([2H])S(=O)c2nc3ccccc3[nH]2)c1C. The van der Waals surface area contributed by atoms with Crippen LogP contribution in [0.3, 0.4) is 0 Å². The summed E-state index contributed by atoms with van der Waals surface area (Å²) in [5.74, 6) is 0.301. The Balaban J connectivity index is 1.81. The van der Waals surface area contributed by atoms with Gasteiger partial charge in [-0.15, -0.1) is 0 Å². The van der Waals surface area contributed by atoms with Crippen molar-refractivity contribution in [2.75, 3.05) is 20.3 Å². The van der Waals surface area contributed by atoms with Gasteiger partial charge in [0.2, 0.25) is 0 Å². The van der Waals surface area contributed by atoms with Crippen LogP contribution >= 0.6 is 0 Å².